The van der Waals surface area contributed by atoms with E-state index in [1.54, 1.807) is 6.92 Å². The Morgan fingerprint density at radius 1 is 1.23 bits per heavy atom. The highest BCUT2D eigenvalue weighted by Gasteiger charge is 2.31. The molecule has 0 aliphatic carbocycles. The number of fused-ring (bicyclic) bond motifs is 1. The molecule has 26 heavy (non-hydrogen) atoms. The van der Waals surface area contributed by atoms with E-state index in [0.29, 0.717) is 17.0 Å². The number of alkyl halides is 3. The average molecular weight is 367 g/mol. The van der Waals surface area contributed by atoms with Gasteiger partial charge in [0.1, 0.15) is 23.8 Å². The maximum absolute atomic E-state index is 12.9. The summed E-state index contributed by atoms with van der Waals surface area (Å²) in [6.07, 6.45) is -3.44. The summed E-state index contributed by atoms with van der Waals surface area (Å²) in [7, 11) is 0. The van der Waals surface area contributed by atoms with Gasteiger partial charge < -0.3 is 26.0 Å². The zero-order valence-electron chi connectivity index (χ0n) is 13.6. The lowest BCUT2D eigenvalue weighted by Gasteiger charge is -2.12. The summed E-state index contributed by atoms with van der Waals surface area (Å²) < 4.78 is 45.6. The first-order valence-electron chi connectivity index (χ1n) is 7.41. The minimum Gasteiger partial charge on any atom is -0.485 e. The Balaban J connectivity index is 1.92. The molecule has 0 bridgehead atoms. The number of rotatable bonds is 4. The molecule has 11 heteroatoms. The number of nitrogens with two attached hydrogens (primary N) is 3. The molecule has 0 fully saturated rings. The number of imidazole rings is 1. The molecule has 3 aromatic heterocycles. The highest BCUT2D eigenvalue weighted by molar-refractivity contribution is 5.72. The SMILES string of the molecule is Cc1c(COc2cc(N)nc(N)c2NN)nc2ccc(C(F)(F)F)cn12. The summed E-state index contributed by atoms with van der Waals surface area (Å²) in [6.45, 7) is 1.63. The number of pyridine rings is 2. The normalized spacial score (nSPS) is 11.7. The third-order valence-electron chi connectivity index (χ3n) is 3.82. The Kier molecular flexibility index (Phi) is 4.24. The van der Waals surface area contributed by atoms with Crippen LogP contribution in [-0.4, -0.2) is 14.4 Å². The van der Waals surface area contributed by atoms with Crippen LogP contribution in [0.3, 0.4) is 0 Å². The second kappa shape index (κ2) is 6.26. The van der Waals surface area contributed by atoms with Crippen LogP contribution in [0.1, 0.15) is 17.0 Å². The Labute approximate surface area is 145 Å². The second-order valence-corrected chi connectivity index (χ2v) is 5.53. The maximum Gasteiger partial charge on any atom is 0.417 e. The number of ether oxygens (including phenoxy) is 1. The molecule has 0 aliphatic rings. The molecule has 0 spiro atoms. The van der Waals surface area contributed by atoms with Crippen LogP contribution in [0.2, 0.25) is 0 Å². The van der Waals surface area contributed by atoms with E-state index in [0.717, 1.165) is 12.3 Å². The van der Waals surface area contributed by atoms with Crippen molar-refractivity contribution in [1.29, 1.82) is 0 Å². The summed E-state index contributed by atoms with van der Waals surface area (Å²) >= 11 is 0. The monoisotopic (exact) mass is 367 g/mol. The Bertz CT molecular complexity index is 968. The van der Waals surface area contributed by atoms with Crippen molar-refractivity contribution in [3.05, 3.63) is 41.3 Å². The number of nitrogens with zero attached hydrogens (tertiary/aromatic N) is 3. The summed E-state index contributed by atoms with van der Waals surface area (Å²) in [4.78, 5) is 8.14. The van der Waals surface area contributed by atoms with E-state index in [1.165, 1.54) is 16.5 Å². The molecule has 3 heterocycles. The predicted molar refractivity (Wildman–Crippen MR) is 90.1 cm³/mol. The van der Waals surface area contributed by atoms with Gasteiger partial charge in [-0.3, -0.25) is 5.84 Å². The van der Waals surface area contributed by atoms with E-state index >= 15 is 0 Å². The van der Waals surface area contributed by atoms with Gasteiger partial charge in [-0.05, 0) is 19.1 Å². The van der Waals surface area contributed by atoms with E-state index in [-0.39, 0.29) is 29.7 Å². The van der Waals surface area contributed by atoms with Gasteiger partial charge in [-0.25, -0.2) is 9.97 Å². The molecule has 0 saturated carbocycles. The van der Waals surface area contributed by atoms with Crippen LogP contribution in [0.5, 0.6) is 5.75 Å². The molecule has 7 N–H and O–H groups in total. The van der Waals surface area contributed by atoms with Crippen molar-refractivity contribution in [3.63, 3.8) is 0 Å². The number of aryl methyl sites for hydroxylation is 1. The number of hydrogen-bond donors (Lipinski definition) is 4. The molecule has 3 aromatic rings. The molecule has 0 aliphatic heterocycles. The lowest BCUT2D eigenvalue weighted by atomic mass is 10.2. The van der Waals surface area contributed by atoms with Crippen LogP contribution >= 0.6 is 0 Å². The number of hydrogen-bond acceptors (Lipinski definition) is 7. The van der Waals surface area contributed by atoms with Crippen molar-refractivity contribution >= 4 is 23.0 Å². The van der Waals surface area contributed by atoms with Gasteiger partial charge in [0.05, 0.1) is 11.3 Å². The van der Waals surface area contributed by atoms with Crippen molar-refractivity contribution in [2.45, 2.75) is 19.7 Å². The predicted octanol–water partition coefficient (Wildman–Crippen LogP) is 2.09. The molecular weight excluding hydrogens is 351 g/mol. The van der Waals surface area contributed by atoms with Crippen LogP contribution in [0.25, 0.3) is 5.65 Å². The van der Waals surface area contributed by atoms with Crippen LogP contribution in [0.4, 0.5) is 30.5 Å². The maximum atomic E-state index is 12.9. The first-order chi connectivity index (χ1) is 12.2. The standard InChI is InChI=1S/C15H16F3N7O/c1-7-9(6-26-10-4-11(19)23-14(20)13(10)24-21)22-12-3-2-8(5-25(7)12)15(16,17)18/h2-5,24H,6,21H2,1H3,(H4,19,20,23). The number of aromatic nitrogens is 3. The smallest absolute Gasteiger partial charge is 0.417 e. The lowest BCUT2D eigenvalue weighted by molar-refractivity contribution is -0.137. The summed E-state index contributed by atoms with van der Waals surface area (Å²) in [6, 6.07) is 3.71. The Morgan fingerprint density at radius 2 is 1.96 bits per heavy atom. The number of hydrazine groups is 1. The fourth-order valence-electron chi connectivity index (χ4n) is 2.48. The second-order valence-electron chi connectivity index (χ2n) is 5.53. The molecule has 138 valence electrons. The zero-order chi connectivity index (χ0) is 19.1. The lowest BCUT2D eigenvalue weighted by Crippen LogP contribution is -2.13. The number of halogens is 3. The van der Waals surface area contributed by atoms with Gasteiger partial charge >= 0.3 is 6.18 Å². The number of nitrogens with one attached hydrogen (secondary N) is 1. The molecule has 0 saturated heterocycles. The molecule has 0 atom stereocenters. The van der Waals surface area contributed by atoms with Crippen molar-refractivity contribution in [3.8, 4) is 5.75 Å². The molecule has 0 radical (unpaired) electrons. The van der Waals surface area contributed by atoms with E-state index in [4.69, 9.17) is 22.0 Å². The number of nitrogen functional groups attached to an aromatic ring is 3. The van der Waals surface area contributed by atoms with Crippen molar-refractivity contribution in [2.24, 2.45) is 5.84 Å². The van der Waals surface area contributed by atoms with Gasteiger partial charge in [0.2, 0.25) is 0 Å². The van der Waals surface area contributed by atoms with E-state index in [9.17, 15) is 13.2 Å². The van der Waals surface area contributed by atoms with Crippen molar-refractivity contribution in [2.75, 3.05) is 16.9 Å². The fraction of sp³-hybridized carbons (Fsp3) is 0.200. The van der Waals surface area contributed by atoms with Gasteiger partial charge in [-0.1, -0.05) is 0 Å². The van der Waals surface area contributed by atoms with E-state index in [2.05, 4.69) is 15.4 Å². The molecule has 0 amide bonds. The van der Waals surface area contributed by atoms with Gasteiger partial charge in [0.15, 0.2) is 11.6 Å². The van der Waals surface area contributed by atoms with Crippen molar-refractivity contribution < 1.29 is 17.9 Å². The number of anilines is 3. The van der Waals surface area contributed by atoms with Gasteiger partial charge in [0, 0.05) is 18.0 Å². The highest BCUT2D eigenvalue weighted by atomic mass is 19.4. The molecule has 8 nitrogen and oxygen atoms in total. The quantitative estimate of drug-likeness (QED) is 0.410. The summed E-state index contributed by atoms with van der Waals surface area (Å²) in [5, 5.41) is 0. The van der Waals surface area contributed by atoms with Crippen molar-refractivity contribution in [1.82, 2.24) is 14.4 Å². The third-order valence-corrected chi connectivity index (χ3v) is 3.82. The Hall–Kier alpha value is -3.21. The van der Waals surface area contributed by atoms with E-state index < -0.39 is 11.7 Å². The van der Waals surface area contributed by atoms with Crippen LogP contribution in [0, 0.1) is 6.92 Å². The molecule has 3 rings (SSSR count). The largest absolute Gasteiger partial charge is 0.485 e. The topological polar surface area (TPSA) is 130 Å². The summed E-state index contributed by atoms with van der Waals surface area (Å²) in [5.74, 6) is 5.85. The first-order valence-corrected chi connectivity index (χ1v) is 7.41. The van der Waals surface area contributed by atoms with Gasteiger partial charge in [-0.15, -0.1) is 0 Å². The minimum absolute atomic E-state index is 0.0214. The van der Waals surface area contributed by atoms with Gasteiger partial charge in [0.25, 0.3) is 0 Å². The third kappa shape index (κ3) is 3.16. The van der Waals surface area contributed by atoms with Gasteiger partial charge in [-0.2, -0.15) is 13.2 Å². The molecule has 0 aromatic carbocycles. The zero-order valence-corrected chi connectivity index (χ0v) is 13.6. The summed E-state index contributed by atoms with van der Waals surface area (Å²) in [5.41, 5.74) is 14.6. The van der Waals surface area contributed by atoms with Crippen LogP contribution in [-0.2, 0) is 12.8 Å². The average Bonchev–Trinajstić information content (AvgIpc) is 2.87. The van der Waals surface area contributed by atoms with Crippen LogP contribution < -0.4 is 27.5 Å². The molecule has 0 unspecified atom stereocenters. The Morgan fingerprint density at radius 3 is 2.62 bits per heavy atom. The van der Waals surface area contributed by atoms with Crippen LogP contribution in [0.15, 0.2) is 24.4 Å². The molecular formula is C15H16F3N7O. The minimum atomic E-state index is -4.44. The van der Waals surface area contributed by atoms with E-state index in [1.807, 2.05) is 0 Å². The first kappa shape index (κ1) is 17.6. The fourth-order valence-corrected chi connectivity index (χ4v) is 2.48. The highest BCUT2D eigenvalue weighted by Crippen LogP contribution is 2.32.